The van der Waals surface area contributed by atoms with E-state index in [-0.39, 0.29) is 18.4 Å². The van der Waals surface area contributed by atoms with Crippen LogP contribution >= 0.6 is 12.4 Å². The molecule has 3 atom stereocenters. The number of benzene rings is 1. The van der Waals surface area contributed by atoms with Gasteiger partial charge in [0.2, 0.25) is 10.0 Å². The maximum Gasteiger partial charge on any atom is 0.243 e. The average molecular weight is 368 g/mol. The van der Waals surface area contributed by atoms with Crippen LogP contribution in [0.1, 0.15) is 19.3 Å². The Morgan fingerprint density at radius 2 is 1.96 bits per heavy atom. The molecular weight excluding hydrogens is 346 g/mol. The Kier molecular flexibility index (Phi) is 4.84. The highest BCUT2D eigenvalue weighted by Gasteiger charge is 2.43. The van der Waals surface area contributed by atoms with Gasteiger partial charge in [-0.25, -0.2) is 8.42 Å². The minimum Gasteiger partial charge on any atom is -0.327 e. The van der Waals surface area contributed by atoms with Crippen LogP contribution in [0.4, 0.5) is 0 Å². The molecule has 1 saturated carbocycles. The van der Waals surface area contributed by atoms with Crippen LogP contribution in [0.15, 0.2) is 41.4 Å². The van der Waals surface area contributed by atoms with Gasteiger partial charge in [0, 0.05) is 30.7 Å². The number of hydrogen-bond acceptors (Lipinski definition) is 4. The maximum absolute atomic E-state index is 13.2. The lowest BCUT2D eigenvalue weighted by Gasteiger charge is -2.29. The van der Waals surface area contributed by atoms with Crippen molar-refractivity contribution in [1.29, 1.82) is 0 Å². The van der Waals surface area contributed by atoms with E-state index >= 15 is 0 Å². The van der Waals surface area contributed by atoms with Gasteiger partial charge in [-0.3, -0.25) is 4.98 Å². The summed E-state index contributed by atoms with van der Waals surface area (Å²) in [6.07, 6.45) is 4.88. The van der Waals surface area contributed by atoms with E-state index in [1.54, 1.807) is 28.7 Å². The molecule has 2 aromatic rings. The Bertz CT molecular complexity index is 837. The summed E-state index contributed by atoms with van der Waals surface area (Å²) in [5, 5.41) is 0.689. The smallest absolute Gasteiger partial charge is 0.243 e. The van der Waals surface area contributed by atoms with E-state index in [0.717, 1.165) is 19.3 Å². The number of sulfonamides is 1. The number of halogens is 1. The Morgan fingerprint density at radius 1 is 1.12 bits per heavy atom. The minimum absolute atomic E-state index is 0. The van der Waals surface area contributed by atoms with Crippen LogP contribution in [0, 0.1) is 11.8 Å². The first-order chi connectivity index (χ1) is 11.1. The first-order valence-electron chi connectivity index (χ1n) is 8.17. The molecule has 2 aliphatic rings. The fourth-order valence-corrected chi connectivity index (χ4v) is 5.85. The van der Waals surface area contributed by atoms with Gasteiger partial charge in [0.15, 0.2) is 0 Å². The van der Waals surface area contributed by atoms with Crippen molar-refractivity contribution in [3.05, 3.63) is 36.5 Å². The van der Waals surface area contributed by atoms with Crippen LogP contribution in [-0.2, 0) is 10.0 Å². The predicted octanol–water partition coefficient (Wildman–Crippen LogP) is 2.40. The summed E-state index contributed by atoms with van der Waals surface area (Å²) in [6, 6.07) is 9.01. The Morgan fingerprint density at radius 3 is 2.75 bits per heavy atom. The van der Waals surface area contributed by atoms with Crippen molar-refractivity contribution in [3.63, 3.8) is 0 Å². The first kappa shape index (κ1) is 17.6. The third kappa shape index (κ3) is 2.81. The largest absolute Gasteiger partial charge is 0.327 e. The second-order valence-electron chi connectivity index (χ2n) is 6.67. The lowest BCUT2D eigenvalue weighted by atomic mass is 9.78. The predicted molar refractivity (Wildman–Crippen MR) is 96.6 cm³/mol. The van der Waals surface area contributed by atoms with Crippen molar-refractivity contribution in [2.24, 2.45) is 17.6 Å². The molecule has 0 radical (unpaired) electrons. The zero-order valence-corrected chi connectivity index (χ0v) is 15.0. The van der Waals surface area contributed by atoms with Crippen LogP contribution < -0.4 is 5.73 Å². The first-order valence-corrected chi connectivity index (χ1v) is 9.61. The summed E-state index contributed by atoms with van der Waals surface area (Å²) >= 11 is 0. The van der Waals surface area contributed by atoms with Crippen LogP contribution in [0.3, 0.4) is 0 Å². The summed E-state index contributed by atoms with van der Waals surface area (Å²) in [5.41, 5.74) is 6.93. The molecule has 5 nitrogen and oxygen atoms in total. The van der Waals surface area contributed by atoms with Crippen molar-refractivity contribution >= 4 is 33.3 Å². The van der Waals surface area contributed by atoms with E-state index in [0.29, 0.717) is 40.7 Å². The molecule has 1 aliphatic heterocycles. The third-order valence-electron chi connectivity index (χ3n) is 5.34. The fourth-order valence-electron chi connectivity index (χ4n) is 4.11. The standard InChI is InChI=1S/C17H21N3O2S.ClH/c18-15-6-1-4-12-10-20(11-14(12)15)23(21,22)17-8-2-7-16-13(17)5-3-9-19-16;/h2-3,5,7-9,12,14-15H,1,4,6,10-11,18H2;1H. The minimum atomic E-state index is -3.51. The second-order valence-corrected chi connectivity index (χ2v) is 8.57. The zero-order chi connectivity index (χ0) is 16.0. The monoisotopic (exact) mass is 367 g/mol. The van der Waals surface area contributed by atoms with E-state index in [2.05, 4.69) is 4.98 Å². The zero-order valence-electron chi connectivity index (χ0n) is 13.3. The van der Waals surface area contributed by atoms with Gasteiger partial charge in [0.1, 0.15) is 0 Å². The highest BCUT2D eigenvalue weighted by Crippen LogP contribution is 2.38. The molecule has 2 fully saturated rings. The molecule has 2 heterocycles. The third-order valence-corrected chi connectivity index (χ3v) is 7.23. The van der Waals surface area contributed by atoms with Crippen LogP contribution in [0.25, 0.3) is 10.9 Å². The van der Waals surface area contributed by atoms with Crippen molar-refractivity contribution in [2.45, 2.75) is 30.2 Å². The maximum atomic E-state index is 13.2. The van der Waals surface area contributed by atoms with E-state index in [9.17, 15) is 8.42 Å². The van der Waals surface area contributed by atoms with Crippen LogP contribution in [0.2, 0.25) is 0 Å². The molecule has 1 saturated heterocycles. The van der Waals surface area contributed by atoms with E-state index in [1.807, 2.05) is 12.1 Å². The molecule has 24 heavy (non-hydrogen) atoms. The van der Waals surface area contributed by atoms with Gasteiger partial charge in [-0.2, -0.15) is 4.31 Å². The average Bonchev–Trinajstić information content (AvgIpc) is 3.01. The molecule has 2 N–H and O–H groups in total. The molecule has 0 amide bonds. The molecule has 1 aliphatic carbocycles. The summed E-state index contributed by atoms with van der Waals surface area (Å²) in [7, 11) is -3.51. The SMILES string of the molecule is Cl.NC1CCCC2CN(S(=O)(=O)c3cccc4ncccc34)CC12. The number of fused-ring (bicyclic) bond motifs is 2. The van der Waals surface area contributed by atoms with E-state index < -0.39 is 10.0 Å². The normalized spacial score (nSPS) is 27.6. The lowest BCUT2D eigenvalue weighted by Crippen LogP contribution is -2.38. The molecular formula is C17H22ClN3O2S. The van der Waals surface area contributed by atoms with E-state index in [4.69, 9.17) is 5.73 Å². The topological polar surface area (TPSA) is 76.3 Å². The number of aromatic nitrogens is 1. The molecule has 7 heteroatoms. The number of nitrogens with zero attached hydrogens (tertiary/aromatic N) is 2. The number of pyridine rings is 1. The lowest BCUT2D eigenvalue weighted by molar-refractivity contribution is 0.260. The van der Waals surface area contributed by atoms with Crippen LogP contribution in [-0.4, -0.2) is 36.8 Å². The molecule has 1 aromatic carbocycles. The Labute approximate surface area is 148 Å². The summed E-state index contributed by atoms with van der Waals surface area (Å²) in [6.45, 7) is 1.14. The van der Waals surface area contributed by atoms with Gasteiger partial charge in [-0.05, 0) is 48.9 Å². The van der Waals surface area contributed by atoms with Gasteiger partial charge in [0.05, 0.1) is 10.4 Å². The Hall–Kier alpha value is -1.21. The molecule has 1 aromatic heterocycles. The summed E-state index contributed by atoms with van der Waals surface area (Å²) in [5.74, 6) is 0.702. The quantitative estimate of drug-likeness (QED) is 0.884. The Balaban J connectivity index is 0.00000169. The van der Waals surface area contributed by atoms with Crippen molar-refractivity contribution < 1.29 is 8.42 Å². The number of nitrogens with two attached hydrogens (primary N) is 1. The van der Waals surface area contributed by atoms with Crippen molar-refractivity contribution in [1.82, 2.24) is 9.29 Å². The van der Waals surface area contributed by atoms with Gasteiger partial charge >= 0.3 is 0 Å². The molecule has 4 rings (SSSR count). The highest BCUT2D eigenvalue weighted by molar-refractivity contribution is 7.89. The van der Waals surface area contributed by atoms with Crippen molar-refractivity contribution in [2.75, 3.05) is 13.1 Å². The molecule has 0 spiro atoms. The van der Waals surface area contributed by atoms with Gasteiger partial charge in [-0.1, -0.05) is 12.5 Å². The second kappa shape index (κ2) is 6.59. The molecule has 3 unspecified atom stereocenters. The van der Waals surface area contributed by atoms with Gasteiger partial charge in [-0.15, -0.1) is 12.4 Å². The summed E-state index contributed by atoms with van der Waals surface area (Å²) in [4.78, 5) is 4.62. The van der Waals surface area contributed by atoms with Crippen molar-refractivity contribution in [3.8, 4) is 0 Å². The fraction of sp³-hybridized carbons (Fsp3) is 0.471. The number of hydrogen-bond donors (Lipinski definition) is 1. The highest BCUT2D eigenvalue weighted by atomic mass is 35.5. The van der Waals surface area contributed by atoms with Gasteiger partial charge in [0.25, 0.3) is 0 Å². The number of rotatable bonds is 2. The van der Waals surface area contributed by atoms with E-state index in [1.165, 1.54) is 0 Å². The molecule has 0 bridgehead atoms. The van der Waals surface area contributed by atoms with Gasteiger partial charge < -0.3 is 5.73 Å². The van der Waals surface area contributed by atoms with Crippen LogP contribution in [0.5, 0.6) is 0 Å². The summed E-state index contributed by atoms with van der Waals surface area (Å²) < 4.78 is 27.9. The molecule has 130 valence electrons.